The molecule has 1 saturated heterocycles. The molecule has 1 fully saturated rings. The lowest BCUT2D eigenvalue weighted by Crippen LogP contribution is -2.46. The van der Waals surface area contributed by atoms with Crippen LogP contribution < -0.4 is 5.32 Å². The lowest BCUT2D eigenvalue weighted by molar-refractivity contribution is 0.0455. The number of hydrogen-bond donors (Lipinski definition) is 1. The van der Waals surface area contributed by atoms with Crippen LogP contribution in [0, 0.1) is 0 Å². The fourth-order valence-electron chi connectivity index (χ4n) is 1.43. The number of rotatable bonds is 3. The molecule has 1 rings (SSSR count). The lowest BCUT2D eigenvalue weighted by atomic mass is 9.92. The Morgan fingerprint density at radius 1 is 1.36 bits per heavy atom. The molecule has 2 heteroatoms. The van der Waals surface area contributed by atoms with Crippen LogP contribution >= 0.6 is 0 Å². The third-order valence-electron chi connectivity index (χ3n) is 2.40. The lowest BCUT2D eigenvalue weighted by Gasteiger charge is -2.34. The van der Waals surface area contributed by atoms with Gasteiger partial charge >= 0.3 is 0 Å². The van der Waals surface area contributed by atoms with Crippen molar-refractivity contribution in [2.75, 3.05) is 19.8 Å². The van der Waals surface area contributed by atoms with Crippen molar-refractivity contribution < 1.29 is 4.74 Å². The van der Waals surface area contributed by atoms with E-state index in [9.17, 15) is 0 Å². The highest BCUT2D eigenvalue weighted by Gasteiger charge is 2.25. The maximum Gasteiger partial charge on any atom is 0.0483 e. The van der Waals surface area contributed by atoms with Gasteiger partial charge in [0.25, 0.3) is 0 Å². The SMILES string of the molecule is CCCNC1(C)CCOCC1. The molecule has 0 aromatic carbocycles. The summed E-state index contributed by atoms with van der Waals surface area (Å²) < 4.78 is 5.30. The first-order chi connectivity index (χ1) is 5.27. The molecule has 0 bridgehead atoms. The van der Waals surface area contributed by atoms with Gasteiger partial charge in [0.15, 0.2) is 0 Å². The third-order valence-corrected chi connectivity index (χ3v) is 2.40. The maximum absolute atomic E-state index is 5.30. The third kappa shape index (κ3) is 2.80. The molecule has 0 aliphatic carbocycles. The Morgan fingerprint density at radius 3 is 2.55 bits per heavy atom. The highest BCUT2D eigenvalue weighted by Crippen LogP contribution is 2.19. The molecule has 0 atom stereocenters. The van der Waals surface area contributed by atoms with Crippen LogP contribution in [0.5, 0.6) is 0 Å². The predicted molar refractivity (Wildman–Crippen MR) is 46.8 cm³/mol. The molecule has 1 aliphatic heterocycles. The minimum absolute atomic E-state index is 0.355. The van der Waals surface area contributed by atoms with Gasteiger partial charge in [0.05, 0.1) is 0 Å². The van der Waals surface area contributed by atoms with Crippen molar-refractivity contribution in [1.82, 2.24) is 5.32 Å². The number of ether oxygens (including phenoxy) is 1. The second-order valence-corrected chi connectivity index (χ2v) is 3.60. The first-order valence-electron chi connectivity index (χ1n) is 4.60. The van der Waals surface area contributed by atoms with E-state index in [-0.39, 0.29) is 0 Å². The summed E-state index contributed by atoms with van der Waals surface area (Å²) in [5.74, 6) is 0. The average molecular weight is 157 g/mol. The largest absolute Gasteiger partial charge is 0.381 e. The maximum atomic E-state index is 5.30. The molecule has 0 aromatic heterocycles. The van der Waals surface area contributed by atoms with Gasteiger partial charge in [0, 0.05) is 18.8 Å². The summed E-state index contributed by atoms with van der Waals surface area (Å²) in [6.45, 7) is 7.48. The second-order valence-electron chi connectivity index (χ2n) is 3.60. The van der Waals surface area contributed by atoms with Crippen LogP contribution in [-0.4, -0.2) is 25.3 Å². The minimum atomic E-state index is 0.355. The summed E-state index contributed by atoms with van der Waals surface area (Å²) in [7, 11) is 0. The summed E-state index contributed by atoms with van der Waals surface area (Å²) in [4.78, 5) is 0. The summed E-state index contributed by atoms with van der Waals surface area (Å²) in [5.41, 5.74) is 0.355. The predicted octanol–water partition coefficient (Wildman–Crippen LogP) is 1.56. The van der Waals surface area contributed by atoms with Gasteiger partial charge in [-0.15, -0.1) is 0 Å². The van der Waals surface area contributed by atoms with Crippen molar-refractivity contribution in [2.24, 2.45) is 0 Å². The van der Waals surface area contributed by atoms with E-state index in [1.54, 1.807) is 0 Å². The highest BCUT2D eigenvalue weighted by atomic mass is 16.5. The minimum Gasteiger partial charge on any atom is -0.381 e. The van der Waals surface area contributed by atoms with Crippen LogP contribution in [-0.2, 0) is 4.74 Å². The molecular formula is C9H19NO. The van der Waals surface area contributed by atoms with Gasteiger partial charge in [-0.1, -0.05) is 6.92 Å². The molecule has 0 unspecified atom stereocenters. The molecular weight excluding hydrogens is 138 g/mol. The van der Waals surface area contributed by atoms with E-state index < -0.39 is 0 Å². The van der Waals surface area contributed by atoms with Crippen molar-refractivity contribution in [3.05, 3.63) is 0 Å². The Balaban J connectivity index is 2.25. The van der Waals surface area contributed by atoms with Crippen LogP contribution in [0.2, 0.25) is 0 Å². The van der Waals surface area contributed by atoms with Crippen molar-refractivity contribution >= 4 is 0 Å². The van der Waals surface area contributed by atoms with Gasteiger partial charge in [-0.05, 0) is 32.7 Å². The average Bonchev–Trinajstić information content (AvgIpc) is 2.03. The quantitative estimate of drug-likeness (QED) is 0.671. The van der Waals surface area contributed by atoms with Gasteiger partial charge in [0.1, 0.15) is 0 Å². The zero-order valence-electron chi connectivity index (χ0n) is 7.65. The normalized spacial score (nSPS) is 23.5. The Bertz CT molecular complexity index is 108. The fourth-order valence-corrected chi connectivity index (χ4v) is 1.43. The van der Waals surface area contributed by atoms with E-state index >= 15 is 0 Å². The monoisotopic (exact) mass is 157 g/mol. The summed E-state index contributed by atoms with van der Waals surface area (Å²) in [6.07, 6.45) is 3.54. The Morgan fingerprint density at radius 2 is 2.00 bits per heavy atom. The highest BCUT2D eigenvalue weighted by molar-refractivity contribution is 4.84. The van der Waals surface area contributed by atoms with Crippen LogP contribution in [0.1, 0.15) is 33.1 Å². The summed E-state index contributed by atoms with van der Waals surface area (Å²) in [6, 6.07) is 0. The van der Waals surface area contributed by atoms with E-state index in [4.69, 9.17) is 4.74 Å². The zero-order valence-corrected chi connectivity index (χ0v) is 7.65. The molecule has 0 amide bonds. The smallest absolute Gasteiger partial charge is 0.0483 e. The van der Waals surface area contributed by atoms with Crippen molar-refractivity contribution in [1.29, 1.82) is 0 Å². The Kier molecular flexibility index (Phi) is 3.34. The van der Waals surface area contributed by atoms with Gasteiger partial charge in [0.2, 0.25) is 0 Å². The van der Waals surface area contributed by atoms with Gasteiger partial charge in [-0.2, -0.15) is 0 Å². The van der Waals surface area contributed by atoms with Gasteiger partial charge in [-0.3, -0.25) is 0 Å². The molecule has 66 valence electrons. The van der Waals surface area contributed by atoms with Crippen LogP contribution in [0.4, 0.5) is 0 Å². The van der Waals surface area contributed by atoms with E-state index in [1.807, 2.05) is 0 Å². The summed E-state index contributed by atoms with van der Waals surface area (Å²) >= 11 is 0. The first kappa shape index (κ1) is 9.01. The van der Waals surface area contributed by atoms with Crippen LogP contribution in [0.3, 0.4) is 0 Å². The van der Waals surface area contributed by atoms with Crippen LogP contribution in [0.15, 0.2) is 0 Å². The molecule has 0 aromatic rings. The topological polar surface area (TPSA) is 21.3 Å². The summed E-state index contributed by atoms with van der Waals surface area (Å²) in [5, 5.41) is 3.57. The second kappa shape index (κ2) is 4.07. The van der Waals surface area contributed by atoms with E-state index in [0.717, 1.165) is 32.6 Å². The van der Waals surface area contributed by atoms with Crippen molar-refractivity contribution in [3.8, 4) is 0 Å². The molecule has 1 heterocycles. The molecule has 0 saturated carbocycles. The molecule has 0 radical (unpaired) electrons. The zero-order chi connectivity index (χ0) is 8.16. The molecule has 2 nitrogen and oxygen atoms in total. The van der Waals surface area contributed by atoms with Crippen LogP contribution in [0.25, 0.3) is 0 Å². The molecule has 1 N–H and O–H groups in total. The van der Waals surface area contributed by atoms with Gasteiger partial charge in [-0.25, -0.2) is 0 Å². The molecule has 11 heavy (non-hydrogen) atoms. The fraction of sp³-hybridized carbons (Fsp3) is 1.00. The first-order valence-corrected chi connectivity index (χ1v) is 4.60. The van der Waals surface area contributed by atoms with Gasteiger partial charge < -0.3 is 10.1 Å². The van der Waals surface area contributed by atoms with E-state index in [0.29, 0.717) is 5.54 Å². The van der Waals surface area contributed by atoms with E-state index in [1.165, 1.54) is 6.42 Å². The molecule has 1 aliphatic rings. The molecule has 0 spiro atoms. The number of nitrogens with one attached hydrogen (secondary N) is 1. The Labute approximate surface area is 69.3 Å². The Hall–Kier alpha value is -0.0800. The van der Waals surface area contributed by atoms with Crippen molar-refractivity contribution in [2.45, 2.75) is 38.6 Å². The standard InChI is InChI=1S/C9H19NO/c1-3-6-10-9(2)4-7-11-8-5-9/h10H,3-8H2,1-2H3. The van der Waals surface area contributed by atoms with E-state index in [2.05, 4.69) is 19.2 Å². The number of hydrogen-bond acceptors (Lipinski definition) is 2. The van der Waals surface area contributed by atoms with Crippen molar-refractivity contribution in [3.63, 3.8) is 0 Å².